The highest BCUT2D eigenvalue weighted by atomic mass is 32.2. The van der Waals surface area contributed by atoms with Crippen molar-refractivity contribution in [3.8, 4) is 0 Å². The lowest BCUT2D eigenvalue weighted by atomic mass is 9.88. The van der Waals surface area contributed by atoms with Crippen molar-refractivity contribution in [1.29, 1.82) is 0 Å². The number of benzene rings is 2. The van der Waals surface area contributed by atoms with Gasteiger partial charge in [-0.2, -0.15) is 0 Å². The van der Waals surface area contributed by atoms with Crippen LogP contribution in [0.25, 0.3) is 11.0 Å². The van der Waals surface area contributed by atoms with E-state index in [4.69, 9.17) is 4.42 Å². The van der Waals surface area contributed by atoms with Crippen molar-refractivity contribution in [3.05, 3.63) is 80.7 Å². The number of fused-ring (bicyclic) bond motifs is 2. The summed E-state index contributed by atoms with van der Waals surface area (Å²) in [5.41, 5.74) is 6.02. The van der Waals surface area contributed by atoms with Gasteiger partial charge in [-0.05, 0) is 73.1 Å². The van der Waals surface area contributed by atoms with Crippen molar-refractivity contribution < 1.29 is 9.21 Å². The van der Waals surface area contributed by atoms with Gasteiger partial charge in [-0.3, -0.25) is 4.79 Å². The van der Waals surface area contributed by atoms with Crippen molar-refractivity contribution in [2.24, 2.45) is 0 Å². The Bertz CT molecular complexity index is 1120. The molecule has 1 heterocycles. The molecule has 4 nitrogen and oxygen atoms in total. The molecule has 0 fully saturated rings. The first-order valence-electron chi connectivity index (χ1n) is 10.00. The van der Waals surface area contributed by atoms with Gasteiger partial charge in [0, 0.05) is 17.2 Å². The van der Waals surface area contributed by atoms with E-state index in [1.807, 2.05) is 26.0 Å². The molecule has 0 saturated carbocycles. The van der Waals surface area contributed by atoms with Crippen LogP contribution >= 0.6 is 11.8 Å². The second-order valence-electron chi connectivity index (χ2n) is 7.73. The van der Waals surface area contributed by atoms with Gasteiger partial charge in [0.05, 0.1) is 11.8 Å². The molecule has 1 aliphatic carbocycles. The van der Waals surface area contributed by atoms with Crippen LogP contribution < -0.4 is 10.9 Å². The summed E-state index contributed by atoms with van der Waals surface area (Å²) in [4.78, 5) is 24.5. The third kappa shape index (κ3) is 4.40. The van der Waals surface area contributed by atoms with Gasteiger partial charge in [0.2, 0.25) is 5.91 Å². The summed E-state index contributed by atoms with van der Waals surface area (Å²) in [7, 11) is 0. The molecule has 150 valence electrons. The normalized spacial score (nSPS) is 15.9. The number of hydrogen-bond donors (Lipinski definition) is 1. The predicted octanol–water partition coefficient (Wildman–Crippen LogP) is 4.84. The molecular weight excluding hydrogens is 382 g/mol. The van der Waals surface area contributed by atoms with E-state index >= 15 is 0 Å². The van der Waals surface area contributed by atoms with Crippen LogP contribution in [-0.2, 0) is 17.0 Å². The Balaban J connectivity index is 1.41. The fourth-order valence-electron chi connectivity index (χ4n) is 4.00. The summed E-state index contributed by atoms with van der Waals surface area (Å²) in [6.45, 7) is 4.05. The molecule has 3 aromatic rings. The number of thioether (sulfide) groups is 1. The minimum absolute atomic E-state index is 0.0380. The van der Waals surface area contributed by atoms with E-state index in [9.17, 15) is 9.59 Å². The summed E-state index contributed by atoms with van der Waals surface area (Å²) >= 11 is 1.53. The molecule has 0 saturated heterocycles. The van der Waals surface area contributed by atoms with Crippen molar-refractivity contribution in [3.63, 3.8) is 0 Å². The summed E-state index contributed by atoms with van der Waals surface area (Å²) in [5, 5.41) is 4.13. The van der Waals surface area contributed by atoms with Gasteiger partial charge < -0.3 is 9.73 Å². The second-order valence-corrected chi connectivity index (χ2v) is 8.71. The fraction of sp³-hybridized carbons (Fsp3) is 0.333. The number of carbonyl (C=O) groups is 1. The monoisotopic (exact) mass is 407 g/mol. The number of carbonyl (C=O) groups excluding carboxylic acids is 1. The number of hydrogen-bond acceptors (Lipinski definition) is 4. The van der Waals surface area contributed by atoms with E-state index in [0.717, 1.165) is 41.3 Å². The first-order valence-corrected chi connectivity index (χ1v) is 11.2. The van der Waals surface area contributed by atoms with Gasteiger partial charge >= 0.3 is 5.63 Å². The maximum absolute atomic E-state index is 12.5. The lowest BCUT2D eigenvalue weighted by molar-refractivity contribution is -0.119. The predicted molar refractivity (Wildman–Crippen MR) is 118 cm³/mol. The number of nitrogens with one attached hydrogen (secondary N) is 1. The van der Waals surface area contributed by atoms with Crippen molar-refractivity contribution in [1.82, 2.24) is 5.32 Å². The third-order valence-electron chi connectivity index (χ3n) is 5.64. The molecule has 0 aliphatic heterocycles. The average Bonchev–Trinajstić information content (AvgIpc) is 2.69. The van der Waals surface area contributed by atoms with Crippen LogP contribution in [0, 0.1) is 13.8 Å². The van der Waals surface area contributed by atoms with Gasteiger partial charge in [-0.25, -0.2) is 4.79 Å². The Hall–Kier alpha value is -2.53. The van der Waals surface area contributed by atoms with Crippen LogP contribution in [0.2, 0.25) is 0 Å². The minimum atomic E-state index is -0.348. The molecule has 1 amide bonds. The number of rotatable bonds is 5. The molecular formula is C24H25NO3S. The fourth-order valence-corrected chi connectivity index (χ4v) is 4.83. The molecule has 29 heavy (non-hydrogen) atoms. The molecule has 1 aromatic heterocycles. The second kappa shape index (κ2) is 8.46. The molecule has 0 spiro atoms. The Morgan fingerprint density at radius 3 is 2.83 bits per heavy atom. The summed E-state index contributed by atoms with van der Waals surface area (Å²) < 4.78 is 5.36. The molecule has 2 aromatic carbocycles. The topological polar surface area (TPSA) is 59.3 Å². The summed E-state index contributed by atoms with van der Waals surface area (Å²) in [5.74, 6) is 1.00. The minimum Gasteiger partial charge on any atom is -0.423 e. The molecule has 1 N–H and O–H groups in total. The van der Waals surface area contributed by atoms with Gasteiger partial charge in [0.15, 0.2) is 0 Å². The van der Waals surface area contributed by atoms with E-state index in [-0.39, 0.29) is 17.6 Å². The molecule has 0 radical (unpaired) electrons. The zero-order valence-electron chi connectivity index (χ0n) is 16.8. The van der Waals surface area contributed by atoms with Crippen molar-refractivity contribution >= 4 is 28.6 Å². The van der Waals surface area contributed by atoms with Gasteiger partial charge in [0.25, 0.3) is 0 Å². The molecule has 4 rings (SSSR count). The highest BCUT2D eigenvalue weighted by Gasteiger charge is 2.21. The highest BCUT2D eigenvalue weighted by Crippen LogP contribution is 2.30. The summed E-state index contributed by atoms with van der Waals surface area (Å²) in [6, 6.07) is 14.0. The van der Waals surface area contributed by atoms with E-state index in [2.05, 4.69) is 29.6 Å². The Morgan fingerprint density at radius 1 is 1.17 bits per heavy atom. The highest BCUT2D eigenvalue weighted by molar-refractivity contribution is 7.99. The van der Waals surface area contributed by atoms with Crippen LogP contribution in [0.5, 0.6) is 0 Å². The molecule has 1 atom stereocenters. The van der Waals surface area contributed by atoms with Crippen LogP contribution in [-0.4, -0.2) is 11.7 Å². The standard InChI is InChI=1S/C24H25NO3S/c1-15-10-20-18(12-24(27)28-22(20)11-16(15)2)13-29-14-23(26)25-21-9-5-7-17-6-3-4-8-19(17)21/h3-4,6,8,10-12,21H,5,7,9,13-14H2,1-2H3,(H,25,26)/t21-/m1/s1. The Morgan fingerprint density at radius 2 is 1.97 bits per heavy atom. The quantitative estimate of drug-likeness (QED) is 0.615. The van der Waals surface area contributed by atoms with Crippen LogP contribution in [0.4, 0.5) is 0 Å². The molecule has 0 unspecified atom stereocenters. The number of amides is 1. The average molecular weight is 408 g/mol. The first kappa shape index (κ1) is 19.8. The molecule has 5 heteroatoms. The van der Waals surface area contributed by atoms with Crippen LogP contribution in [0.3, 0.4) is 0 Å². The first-order chi connectivity index (χ1) is 14.0. The summed E-state index contributed by atoms with van der Waals surface area (Å²) in [6.07, 6.45) is 3.16. The smallest absolute Gasteiger partial charge is 0.336 e. The SMILES string of the molecule is Cc1cc2oc(=O)cc(CSCC(=O)N[C@@H]3CCCc4ccccc43)c2cc1C. The number of aryl methyl sites for hydroxylation is 3. The van der Waals surface area contributed by atoms with Gasteiger partial charge in [0.1, 0.15) is 5.58 Å². The van der Waals surface area contributed by atoms with E-state index in [0.29, 0.717) is 17.1 Å². The van der Waals surface area contributed by atoms with Gasteiger partial charge in [-0.15, -0.1) is 11.8 Å². The van der Waals surface area contributed by atoms with Crippen molar-refractivity contribution in [2.75, 3.05) is 5.75 Å². The van der Waals surface area contributed by atoms with E-state index < -0.39 is 0 Å². The Kier molecular flexibility index (Phi) is 5.76. The maximum Gasteiger partial charge on any atom is 0.336 e. The molecule has 1 aliphatic rings. The van der Waals surface area contributed by atoms with E-state index in [1.165, 1.54) is 22.9 Å². The lowest BCUT2D eigenvalue weighted by Gasteiger charge is -2.26. The Labute approximate surface area is 174 Å². The van der Waals surface area contributed by atoms with Crippen LogP contribution in [0.15, 0.2) is 51.7 Å². The zero-order valence-corrected chi connectivity index (χ0v) is 17.6. The maximum atomic E-state index is 12.5. The van der Waals surface area contributed by atoms with Gasteiger partial charge in [-0.1, -0.05) is 24.3 Å². The lowest BCUT2D eigenvalue weighted by Crippen LogP contribution is -2.32. The van der Waals surface area contributed by atoms with Crippen molar-refractivity contribution in [2.45, 2.75) is 44.9 Å². The van der Waals surface area contributed by atoms with E-state index in [1.54, 1.807) is 6.07 Å². The largest absolute Gasteiger partial charge is 0.423 e. The van der Waals surface area contributed by atoms with Crippen LogP contribution in [0.1, 0.15) is 46.7 Å². The third-order valence-corrected chi connectivity index (χ3v) is 6.62. The zero-order chi connectivity index (χ0) is 20.4. The molecule has 0 bridgehead atoms.